The number of amides is 2. The van der Waals surface area contributed by atoms with E-state index in [1.165, 1.54) is 11.6 Å². The molecule has 2 saturated heterocycles. The fourth-order valence-electron chi connectivity index (χ4n) is 6.57. The van der Waals surface area contributed by atoms with Gasteiger partial charge in [-0.1, -0.05) is 54.8 Å². The maximum absolute atomic E-state index is 14.2. The number of rotatable bonds is 6. The molecule has 2 amide bonds. The van der Waals surface area contributed by atoms with Crippen LogP contribution in [0.4, 0.5) is 10.1 Å². The van der Waals surface area contributed by atoms with Crippen LogP contribution in [0.2, 0.25) is 0 Å². The van der Waals surface area contributed by atoms with Gasteiger partial charge >= 0.3 is 0 Å². The minimum atomic E-state index is -0.312. The van der Waals surface area contributed by atoms with Crippen LogP contribution >= 0.6 is 0 Å². The quantitative estimate of drug-likeness (QED) is 0.615. The van der Waals surface area contributed by atoms with Crippen LogP contribution < -0.4 is 10.3 Å². The highest BCUT2D eigenvalue weighted by atomic mass is 19.1. The van der Waals surface area contributed by atoms with Crippen LogP contribution in [0.5, 0.6) is 0 Å². The number of aryl methyl sites for hydroxylation is 1. The molecule has 2 aromatic rings. The number of nitrogens with one attached hydrogen (secondary N) is 1. The van der Waals surface area contributed by atoms with E-state index in [1.807, 2.05) is 20.8 Å². The maximum atomic E-state index is 14.2. The molecule has 2 aromatic carbocycles. The molecular formula is C30H37FN6O2. The zero-order chi connectivity index (χ0) is 26.9. The number of benzene rings is 2. The van der Waals surface area contributed by atoms with Gasteiger partial charge in [-0.15, -0.1) is 0 Å². The Kier molecular flexibility index (Phi) is 7.14. The number of amidine groups is 1. The third-order valence-corrected chi connectivity index (χ3v) is 8.71. The minimum absolute atomic E-state index is 0.0345. The molecule has 3 aliphatic heterocycles. The van der Waals surface area contributed by atoms with Gasteiger partial charge in [0.05, 0.1) is 11.6 Å². The van der Waals surface area contributed by atoms with Crippen molar-refractivity contribution in [2.24, 2.45) is 11.0 Å². The Morgan fingerprint density at radius 1 is 1.03 bits per heavy atom. The molecule has 1 aliphatic carbocycles. The first-order valence-electron chi connectivity index (χ1n) is 14.2. The van der Waals surface area contributed by atoms with E-state index in [9.17, 15) is 14.0 Å². The average molecular weight is 533 g/mol. The number of halogens is 1. The Hall–Kier alpha value is -3.62. The smallest absolute Gasteiger partial charge is 0.231 e. The first kappa shape index (κ1) is 25.6. The van der Waals surface area contributed by atoms with Gasteiger partial charge in [-0.3, -0.25) is 19.9 Å². The number of carbonyl (C=O) groups excluding carboxylic acids is 2. The van der Waals surface area contributed by atoms with Crippen molar-refractivity contribution in [3.05, 3.63) is 65.5 Å². The van der Waals surface area contributed by atoms with Gasteiger partial charge in [0.15, 0.2) is 6.29 Å². The van der Waals surface area contributed by atoms with Crippen molar-refractivity contribution < 1.29 is 14.0 Å². The van der Waals surface area contributed by atoms with E-state index in [1.54, 1.807) is 12.1 Å². The summed E-state index contributed by atoms with van der Waals surface area (Å²) in [5.41, 5.74) is 6.13. The summed E-state index contributed by atoms with van der Waals surface area (Å²) >= 11 is 0. The SMILES string of the molecule is Cc1ccc(CN2C(=O)C3CCCCC3N3C(CCC(=O)N4CCN(c5ccccc5F)CC4)=NNC23)cc1. The predicted octanol–water partition coefficient (Wildman–Crippen LogP) is 3.67. The highest BCUT2D eigenvalue weighted by Gasteiger charge is 2.50. The lowest BCUT2D eigenvalue weighted by atomic mass is 9.80. The monoisotopic (exact) mass is 532 g/mol. The summed E-state index contributed by atoms with van der Waals surface area (Å²) < 4.78 is 14.2. The fraction of sp³-hybridized carbons (Fsp3) is 0.500. The largest absolute Gasteiger partial charge is 0.366 e. The number of piperazine rings is 1. The standard InChI is InChI=1S/C30H37FN6O2/c1-21-10-12-22(13-11-21)20-36-29(39)23-6-2-4-8-25(23)37-27(32-33-30(36)37)14-15-28(38)35-18-16-34(17-19-35)26-9-5-3-7-24(26)31/h3,5,7,9-13,23,25,30,33H,2,4,6,8,14-20H2,1H3. The molecule has 206 valence electrons. The van der Waals surface area contributed by atoms with Crippen molar-refractivity contribution >= 4 is 23.3 Å². The summed E-state index contributed by atoms with van der Waals surface area (Å²) in [5, 5.41) is 4.67. The Balaban J connectivity index is 1.10. The second-order valence-electron chi connectivity index (χ2n) is 11.2. The molecule has 9 heteroatoms. The van der Waals surface area contributed by atoms with Crippen LogP contribution in [0, 0.1) is 18.7 Å². The zero-order valence-corrected chi connectivity index (χ0v) is 22.6. The van der Waals surface area contributed by atoms with Crippen LogP contribution in [0.25, 0.3) is 0 Å². The first-order chi connectivity index (χ1) is 19.0. The summed E-state index contributed by atoms with van der Waals surface area (Å²) in [6, 6.07) is 15.3. The molecule has 6 rings (SSSR count). The van der Waals surface area contributed by atoms with E-state index in [2.05, 4.69) is 46.6 Å². The normalized spacial score (nSPS) is 24.7. The van der Waals surface area contributed by atoms with Crippen LogP contribution in [0.15, 0.2) is 53.6 Å². The van der Waals surface area contributed by atoms with E-state index in [-0.39, 0.29) is 35.9 Å². The summed E-state index contributed by atoms with van der Waals surface area (Å²) in [5.74, 6) is 0.911. The van der Waals surface area contributed by atoms with Crippen molar-refractivity contribution in [1.82, 2.24) is 20.1 Å². The predicted molar refractivity (Wildman–Crippen MR) is 148 cm³/mol. The molecule has 0 spiro atoms. The van der Waals surface area contributed by atoms with Gasteiger partial charge in [-0.25, -0.2) is 4.39 Å². The van der Waals surface area contributed by atoms with E-state index < -0.39 is 0 Å². The lowest BCUT2D eigenvalue weighted by Crippen LogP contribution is -2.67. The number of fused-ring (bicyclic) bond motifs is 3. The van der Waals surface area contributed by atoms with Gasteiger partial charge in [0, 0.05) is 51.6 Å². The highest BCUT2D eigenvalue weighted by molar-refractivity contribution is 5.91. The van der Waals surface area contributed by atoms with Crippen molar-refractivity contribution in [2.75, 3.05) is 31.1 Å². The Labute approximate surface area is 229 Å². The lowest BCUT2D eigenvalue weighted by molar-refractivity contribution is -0.156. The molecule has 1 N–H and O–H groups in total. The van der Waals surface area contributed by atoms with Crippen LogP contribution in [0.1, 0.15) is 49.7 Å². The van der Waals surface area contributed by atoms with E-state index in [4.69, 9.17) is 0 Å². The molecule has 4 aliphatic rings. The number of para-hydroxylation sites is 1. The number of hydrogen-bond donors (Lipinski definition) is 1. The summed E-state index contributed by atoms with van der Waals surface area (Å²) in [6.07, 6.45) is 4.63. The van der Waals surface area contributed by atoms with Gasteiger partial charge in [0.1, 0.15) is 11.7 Å². The second-order valence-corrected chi connectivity index (χ2v) is 11.2. The average Bonchev–Trinajstić information content (AvgIpc) is 3.39. The Morgan fingerprint density at radius 2 is 1.77 bits per heavy atom. The number of anilines is 1. The van der Waals surface area contributed by atoms with Crippen LogP contribution in [0.3, 0.4) is 0 Å². The molecule has 3 heterocycles. The molecule has 3 unspecified atom stereocenters. The second kappa shape index (κ2) is 10.9. The molecule has 8 nitrogen and oxygen atoms in total. The van der Waals surface area contributed by atoms with Crippen molar-refractivity contribution in [1.29, 1.82) is 0 Å². The van der Waals surface area contributed by atoms with Crippen molar-refractivity contribution in [3.63, 3.8) is 0 Å². The first-order valence-corrected chi connectivity index (χ1v) is 14.2. The molecule has 1 saturated carbocycles. The number of hydrogen-bond acceptors (Lipinski definition) is 6. The van der Waals surface area contributed by atoms with E-state index in [0.29, 0.717) is 51.3 Å². The minimum Gasteiger partial charge on any atom is -0.366 e. The van der Waals surface area contributed by atoms with E-state index >= 15 is 0 Å². The molecule has 0 radical (unpaired) electrons. The number of carbonyl (C=O) groups is 2. The number of hydrazone groups is 1. The molecule has 39 heavy (non-hydrogen) atoms. The summed E-state index contributed by atoms with van der Waals surface area (Å²) in [7, 11) is 0. The molecule has 3 atom stereocenters. The topological polar surface area (TPSA) is 71.5 Å². The highest BCUT2D eigenvalue weighted by Crippen LogP contribution is 2.38. The summed E-state index contributed by atoms with van der Waals surface area (Å²) in [4.78, 5) is 34.9. The third-order valence-electron chi connectivity index (χ3n) is 8.71. The third kappa shape index (κ3) is 5.06. The van der Waals surface area contributed by atoms with Gasteiger partial charge in [-0.05, 0) is 37.5 Å². The maximum Gasteiger partial charge on any atom is 0.231 e. The zero-order valence-electron chi connectivity index (χ0n) is 22.6. The van der Waals surface area contributed by atoms with Gasteiger partial charge < -0.3 is 14.7 Å². The molecule has 0 aromatic heterocycles. The lowest BCUT2D eigenvalue weighted by Gasteiger charge is -2.50. The summed E-state index contributed by atoms with van der Waals surface area (Å²) in [6.45, 7) is 4.98. The van der Waals surface area contributed by atoms with Crippen molar-refractivity contribution in [3.8, 4) is 0 Å². The molecule has 0 bridgehead atoms. The van der Waals surface area contributed by atoms with Gasteiger partial charge in [0.2, 0.25) is 11.8 Å². The van der Waals surface area contributed by atoms with Crippen LogP contribution in [-0.4, -0.2) is 70.9 Å². The fourth-order valence-corrected chi connectivity index (χ4v) is 6.57. The molecule has 3 fully saturated rings. The van der Waals surface area contributed by atoms with Crippen LogP contribution in [-0.2, 0) is 16.1 Å². The van der Waals surface area contributed by atoms with Crippen molar-refractivity contribution in [2.45, 2.75) is 64.3 Å². The molecular weight excluding hydrogens is 495 g/mol. The van der Waals surface area contributed by atoms with E-state index in [0.717, 1.165) is 37.1 Å². The Bertz CT molecular complexity index is 1240. The Morgan fingerprint density at radius 3 is 2.54 bits per heavy atom. The number of nitrogens with zero attached hydrogens (tertiary/aromatic N) is 5. The van der Waals surface area contributed by atoms with Gasteiger partial charge in [0.25, 0.3) is 0 Å². The van der Waals surface area contributed by atoms with Gasteiger partial charge in [-0.2, -0.15) is 5.10 Å².